The SMILES string of the molecule is COCC1(Nc2ccccc2)CCN(C(=O)[C@H](NC(=O)c2cccc(C)c2)C(C)C)CC1. The molecule has 32 heavy (non-hydrogen) atoms. The van der Waals surface area contributed by atoms with Crippen molar-refractivity contribution in [1.82, 2.24) is 10.2 Å². The number of likely N-dealkylation sites (tertiary alicyclic amines) is 1. The molecule has 0 spiro atoms. The highest BCUT2D eigenvalue weighted by molar-refractivity contribution is 5.97. The number of nitrogens with one attached hydrogen (secondary N) is 2. The molecule has 3 rings (SSSR count). The average Bonchev–Trinajstić information content (AvgIpc) is 2.78. The molecule has 2 N–H and O–H groups in total. The van der Waals surface area contributed by atoms with Gasteiger partial charge in [-0.05, 0) is 49.9 Å². The summed E-state index contributed by atoms with van der Waals surface area (Å²) in [6.07, 6.45) is 1.55. The van der Waals surface area contributed by atoms with Gasteiger partial charge in [0.1, 0.15) is 6.04 Å². The highest BCUT2D eigenvalue weighted by Crippen LogP contribution is 2.28. The molecule has 1 aliphatic rings. The molecule has 0 saturated carbocycles. The first kappa shape index (κ1) is 23.8. The number of anilines is 1. The molecule has 0 aliphatic carbocycles. The number of nitrogens with zero attached hydrogens (tertiary/aromatic N) is 1. The standard InChI is InChI=1S/C26H35N3O3/c1-19(2)23(27-24(30)21-10-8-9-20(3)17-21)25(31)29-15-13-26(14-16-29,18-32-4)28-22-11-6-5-7-12-22/h5-12,17,19,23,28H,13-16,18H2,1-4H3,(H,27,30)/t23-/m1/s1. The van der Waals surface area contributed by atoms with Gasteiger partial charge in [0.2, 0.25) is 5.91 Å². The van der Waals surface area contributed by atoms with E-state index in [1.54, 1.807) is 13.2 Å². The summed E-state index contributed by atoms with van der Waals surface area (Å²) in [5.41, 5.74) is 2.43. The summed E-state index contributed by atoms with van der Waals surface area (Å²) in [7, 11) is 1.71. The van der Waals surface area contributed by atoms with Crippen molar-refractivity contribution in [3.63, 3.8) is 0 Å². The smallest absolute Gasteiger partial charge is 0.251 e. The Hall–Kier alpha value is -2.86. The number of methoxy groups -OCH3 is 1. The minimum atomic E-state index is -0.556. The summed E-state index contributed by atoms with van der Waals surface area (Å²) in [6.45, 7) is 7.69. The van der Waals surface area contributed by atoms with Gasteiger partial charge >= 0.3 is 0 Å². The number of amides is 2. The zero-order valence-corrected chi connectivity index (χ0v) is 19.6. The summed E-state index contributed by atoms with van der Waals surface area (Å²) in [6, 6.07) is 17.0. The van der Waals surface area contributed by atoms with Crippen LogP contribution in [0.4, 0.5) is 5.69 Å². The molecule has 6 heteroatoms. The number of carbonyl (C=O) groups excluding carboxylic acids is 2. The predicted octanol–water partition coefficient (Wildman–Crippen LogP) is 3.87. The number of para-hydroxylation sites is 1. The minimum Gasteiger partial charge on any atom is -0.382 e. The fourth-order valence-corrected chi connectivity index (χ4v) is 4.29. The van der Waals surface area contributed by atoms with E-state index in [-0.39, 0.29) is 23.3 Å². The lowest BCUT2D eigenvalue weighted by Crippen LogP contribution is -2.57. The van der Waals surface area contributed by atoms with Crippen LogP contribution in [0.2, 0.25) is 0 Å². The second-order valence-electron chi connectivity index (χ2n) is 9.09. The summed E-state index contributed by atoms with van der Waals surface area (Å²) in [5, 5.41) is 6.61. The molecule has 0 radical (unpaired) electrons. The van der Waals surface area contributed by atoms with E-state index in [0.717, 1.165) is 24.1 Å². The van der Waals surface area contributed by atoms with Crippen LogP contribution < -0.4 is 10.6 Å². The van der Waals surface area contributed by atoms with Crippen LogP contribution >= 0.6 is 0 Å². The summed E-state index contributed by atoms with van der Waals surface area (Å²) in [5.74, 6) is -0.242. The van der Waals surface area contributed by atoms with Gasteiger partial charge in [0.25, 0.3) is 5.91 Å². The Morgan fingerprint density at radius 3 is 2.34 bits per heavy atom. The molecule has 1 fully saturated rings. The Morgan fingerprint density at radius 1 is 1.06 bits per heavy atom. The van der Waals surface area contributed by atoms with Gasteiger partial charge < -0.3 is 20.3 Å². The quantitative estimate of drug-likeness (QED) is 0.658. The van der Waals surface area contributed by atoms with E-state index in [2.05, 4.69) is 10.6 Å². The largest absolute Gasteiger partial charge is 0.382 e. The molecule has 0 bridgehead atoms. The first-order valence-corrected chi connectivity index (χ1v) is 11.3. The van der Waals surface area contributed by atoms with Crippen molar-refractivity contribution >= 4 is 17.5 Å². The average molecular weight is 438 g/mol. The van der Waals surface area contributed by atoms with E-state index in [4.69, 9.17) is 4.74 Å². The van der Waals surface area contributed by atoms with Gasteiger partial charge in [-0.2, -0.15) is 0 Å². The molecule has 172 valence electrons. The maximum absolute atomic E-state index is 13.4. The Labute approximate surface area is 191 Å². The lowest BCUT2D eigenvalue weighted by Gasteiger charge is -2.43. The van der Waals surface area contributed by atoms with Crippen molar-refractivity contribution in [2.45, 2.75) is 45.2 Å². The van der Waals surface area contributed by atoms with Gasteiger partial charge in [0.15, 0.2) is 0 Å². The van der Waals surface area contributed by atoms with Crippen LogP contribution in [0.25, 0.3) is 0 Å². The van der Waals surface area contributed by atoms with Crippen LogP contribution in [0.5, 0.6) is 0 Å². The second kappa shape index (κ2) is 10.6. The van der Waals surface area contributed by atoms with Crippen molar-refractivity contribution in [2.24, 2.45) is 5.92 Å². The normalized spacial score (nSPS) is 16.5. The van der Waals surface area contributed by atoms with E-state index in [0.29, 0.717) is 25.3 Å². The van der Waals surface area contributed by atoms with Crippen LogP contribution in [-0.4, -0.2) is 55.1 Å². The fraction of sp³-hybridized carbons (Fsp3) is 0.462. The van der Waals surface area contributed by atoms with Crippen LogP contribution in [-0.2, 0) is 9.53 Å². The summed E-state index contributed by atoms with van der Waals surface area (Å²) in [4.78, 5) is 28.0. The molecule has 0 unspecified atom stereocenters. The molecule has 1 atom stereocenters. The van der Waals surface area contributed by atoms with Crippen LogP contribution in [0.15, 0.2) is 54.6 Å². The Balaban J connectivity index is 1.66. The summed E-state index contributed by atoms with van der Waals surface area (Å²) < 4.78 is 5.53. The first-order chi connectivity index (χ1) is 15.3. The number of aryl methyl sites for hydroxylation is 1. The third-order valence-electron chi connectivity index (χ3n) is 6.14. The van der Waals surface area contributed by atoms with Crippen molar-refractivity contribution < 1.29 is 14.3 Å². The van der Waals surface area contributed by atoms with Gasteiger partial charge in [-0.3, -0.25) is 9.59 Å². The van der Waals surface area contributed by atoms with Crippen molar-refractivity contribution in [3.8, 4) is 0 Å². The fourth-order valence-electron chi connectivity index (χ4n) is 4.29. The van der Waals surface area contributed by atoms with E-state index in [9.17, 15) is 9.59 Å². The number of hydrogen-bond acceptors (Lipinski definition) is 4. The molecular formula is C26H35N3O3. The monoisotopic (exact) mass is 437 g/mol. The lowest BCUT2D eigenvalue weighted by atomic mass is 9.87. The van der Waals surface area contributed by atoms with E-state index in [1.807, 2.05) is 74.2 Å². The van der Waals surface area contributed by atoms with Crippen molar-refractivity contribution in [2.75, 3.05) is 32.1 Å². The highest BCUT2D eigenvalue weighted by Gasteiger charge is 2.38. The summed E-state index contributed by atoms with van der Waals surface area (Å²) >= 11 is 0. The number of hydrogen-bond donors (Lipinski definition) is 2. The molecule has 1 heterocycles. The first-order valence-electron chi connectivity index (χ1n) is 11.3. The van der Waals surface area contributed by atoms with Crippen molar-refractivity contribution in [3.05, 3.63) is 65.7 Å². The lowest BCUT2D eigenvalue weighted by molar-refractivity contribution is -0.136. The number of rotatable bonds is 8. The number of carbonyl (C=O) groups is 2. The molecule has 1 aliphatic heterocycles. The van der Waals surface area contributed by atoms with Crippen LogP contribution in [0.1, 0.15) is 42.6 Å². The van der Waals surface area contributed by atoms with E-state index in [1.165, 1.54) is 0 Å². The Morgan fingerprint density at radius 2 is 1.75 bits per heavy atom. The third kappa shape index (κ3) is 5.88. The molecular weight excluding hydrogens is 402 g/mol. The maximum atomic E-state index is 13.4. The van der Waals surface area contributed by atoms with E-state index >= 15 is 0 Å². The van der Waals surface area contributed by atoms with Gasteiger partial charge in [0.05, 0.1) is 12.1 Å². The van der Waals surface area contributed by atoms with Gasteiger partial charge in [-0.1, -0.05) is 49.7 Å². The van der Waals surface area contributed by atoms with E-state index < -0.39 is 6.04 Å². The maximum Gasteiger partial charge on any atom is 0.251 e. The molecule has 2 aromatic carbocycles. The zero-order valence-electron chi connectivity index (χ0n) is 19.6. The Kier molecular flexibility index (Phi) is 7.91. The number of ether oxygens (including phenoxy) is 1. The van der Waals surface area contributed by atoms with Gasteiger partial charge in [-0.15, -0.1) is 0 Å². The minimum absolute atomic E-state index is 0.00985. The number of benzene rings is 2. The zero-order chi connectivity index (χ0) is 23.1. The molecule has 6 nitrogen and oxygen atoms in total. The van der Waals surface area contributed by atoms with Crippen LogP contribution in [0, 0.1) is 12.8 Å². The third-order valence-corrected chi connectivity index (χ3v) is 6.14. The molecule has 1 saturated heterocycles. The van der Waals surface area contributed by atoms with Crippen LogP contribution in [0.3, 0.4) is 0 Å². The molecule has 0 aromatic heterocycles. The Bertz CT molecular complexity index is 906. The highest BCUT2D eigenvalue weighted by atomic mass is 16.5. The number of piperidine rings is 1. The molecule has 2 aromatic rings. The van der Waals surface area contributed by atoms with Crippen molar-refractivity contribution in [1.29, 1.82) is 0 Å². The topological polar surface area (TPSA) is 70.7 Å². The second-order valence-corrected chi connectivity index (χ2v) is 9.09. The van der Waals surface area contributed by atoms with Gasteiger partial charge in [-0.25, -0.2) is 0 Å². The predicted molar refractivity (Wildman–Crippen MR) is 128 cm³/mol. The van der Waals surface area contributed by atoms with Gasteiger partial charge in [0, 0.05) is 31.5 Å². The molecule has 2 amide bonds.